The molecule has 96 valence electrons. The zero-order chi connectivity index (χ0) is 13.2. The van der Waals surface area contributed by atoms with Crippen LogP contribution in [0.25, 0.3) is 0 Å². The molecule has 0 aliphatic carbocycles. The van der Waals surface area contributed by atoms with Crippen molar-refractivity contribution in [1.29, 1.82) is 0 Å². The molecule has 0 amide bonds. The van der Waals surface area contributed by atoms with E-state index in [4.69, 9.17) is 4.74 Å². The Bertz CT molecular complexity index is 397. The molecule has 0 fully saturated rings. The molecule has 0 saturated heterocycles. The number of aromatic nitrogens is 1. The van der Waals surface area contributed by atoms with Gasteiger partial charge in [0.15, 0.2) is 0 Å². The van der Waals surface area contributed by atoms with Crippen LogP contribution in [-0.4, -0.2) is 16.3 Å². The predicted octanol–water partition coefficient (Wildman–Crippen LogP) is 3.78. The Kier molecular flexibility index (Phi) is 4.02. The fraction of sp³-hybridized carbons (Fsp3) is 0.643. The van der Waals surface area contributed by atoms with E-state index in [0.29, 0.717) is 5.92 Å². The van der Waals surface area contributed by atoms with E-state index in [1.807, 2.05) is 39.8 Å². The summed E-state index contributed by atoms with van der Waals surface area (Å²) in [4.78, 5) is 12.1. The zero-order valence-corrected chi connectivity index (χ0v) is 11.7. The minimum absolute atomic E-state index is 0.282. The lowest BCUT2D eigenvalue weighted by Gasteiger charge is -2.21. The van der Waals surface area contributed by atoms with E-state index in [9.17, 15) is 4.79 Å². The van der Waals surface area contributed by atoms with E-state index in [1.54, 1.807) is 4.57 Å². The minimum Gasteiger partial charge on any atom is -0.443 e. The van der Waals surface area contributed by atoms with Gasteiger partial charge in [0.1, 0.15) is 5.60 Å². The lowest BCUT2D eigenvalue weighted by Crippen LogP contribution is -2.28. The summed E-state index contributed by atoms with van der Waals surface area (Å²) in [5.74, 6) is 0.519. The van der Waals surface area contributed by atoms with Crippen LogP contribution in [0.5, 0.6) is 0 Å². The smallest absolute Gasteiger partial charge is 0.418 e. The Morgan fingerprint density at radius 2 is 1.94 bits per heavy atom. The van der Waals surface area contributed by atoms with Crippen LogP contribution in [0.15, 0.2) is 12.1 Å². The molecule has 0 spiro atoms. The Hall–Kier alpha value is -1.25. The van der Waals surface area contributed by atoms with Crippen LogP contribution in [0.3, 0.4) is 0 Å². The van der Waals surface area contributed by atoms with Crippen LogP contribution in [0.4, 0.5) is 4.79 Å². The number of hydrogen-bond acceptors (Lipinski definition) is 2. The van der Waals surface area contributed by atoms with Crippen molar-refractivity contribution in [2.45, 2.75) is 53.6 Å². The van der Waals surface area contributed by atoms with Gasteiger partial charge in [-0.25, -0.2) is 4.79 Å². The van der Waals surface area contributed by atoms with Crippen LogP contribution in [0, 0.1) is 12.8 Å². The summed E-state index contributed by atoms with van der Waals surface area (Å²) in [5, 5.41) is 0. The zero-order valence-electron chi connectivity index (χ0n) is 11.7. The molecule has 1 heterocycles. The van der Waals surface area contributed by atoms with Crippen LogP contribution in [0.1, 0.15) is 46.0 Å². The van der Waals surface area contributed by atoms with Crippen LogP contribution >= 0.6 is 0 Å². The number of carbonyl (C=O) groups excluding carboxylic acids is 1. The third-order valence-electron chi connectivity index (χ3n) is 2.35. The highest BCUT2D eigenvalue weighted by atomic mass is 16.6. The van der Waals surface area contributed by atoms with E-state index in [1.165, 1.54) is 0 Å². The van der Waals surface area contributed by atoms with Gasteiger partial charge in [0.25, 0.3) is 0 Å². The van der Waals surface area contributed by atoms with Crippen LogP contribution in [0.2, 0.25) is 0 Å². The van der Waals surface area contributed by atoms with Gasteiger partial charge >= 0.3 is 6.09 Å². The second-order valence-electron chi connectivity index (χ2n) is 5.88. The first-order chi connectivity index (χ1) is 7.70. The van der Waals surface area contributed by atoms with E-state index >= 15 is 0 Å². The van der Waals surface area contributed by atoms with Crippen LogP contribution < -0.4 is 0 Å². The van der Waals surface area contributed by atoms with Gasteiger partial charge in [0.2, 0.25) is 0 Å². The third kappa shape index (κ3) is 3.91. The van der Waals surface area contributed by atoms with Crippen molar-refractivity contribution >= 4 is 6.09 Å². The average Bonchev–Trinajstić information content (AvgIpc) is 2.42. The Balaban J connectivity index is 2.96. The maximum Gasteiger partial charge on any atom is 0.418 e. The van der Waals surface area contributed by atoms with Gasteiger partial charge in [-0.2, -0.15) is 0 Å². The number of rotatable bonds is 2. The number of nitrogens with zero attached hydrogens (tertiary/aromatic N) is 1. The first-order valence-corrected chi connectivity index (χ1v) is 6.11. The third-order valence-corrected chi connectivity index (χ3v) is 2.35. The molecule has 3 heteroatoms. The van der Waals surface area contributed by atoms with Crippen molar-refractivity contribution < 1.29 is 9.53 Å². The predicted molar refractivity (Wildman–Crippen MR) is 69.3 cm³/mol. The van der Waals surface area contributed by atoms with Crippen molar-refractivity contribution in [3.8, 4) is 0 Å². The molecule has 1 aromatic rings. The summed E-state index contributed by atoms with van der Waals surface area (Å²) in [7, 11) is 0. The van der Waals surface area contributed by atoms with Gasteiger partial charge in [-0.3, -0.25) is 4.57 Å². The fourth-order valence-corrected chi connectivity index (χ4v) is 1.74. The quantitative estimate of drug-likeness (QED) is 0.783. The molecule has 3 nitrogen and oxygen atoms in total. The molecule has 0 bridgehead atoms. The van der Waals surface area contributed by atoms with E-state index in [0.717, 1.165) is 17.8 Å². The molecule has 0 unspecified atom stereocenters. The highest BCUT2D eigenvalue weighted by Crippen LogP contribution is 2.16. The molecule has 0 aliphatic rings. The SMILES string of the molecule is Cc1ccc(CC(C)C)n1C(=O)OC(C)(C)C. The minimum atomic E-state index is -0.455. The fourth-order valence-electron chi connectivity index (χ4n) is 1.74. The maximum absolute atomic E-state index is 12.1. The molecular weight excluding hydrogens is 214 g/mol. The van der Waals surface area contributed by atoms with Gasteiger partial charge in [-0.1, -0.05) is 13.8 Å². The van der Waals surface area contributed by atoms with Crippen molar-refractivity contribution in [2.75, 3.05) is 0 Å². The molecule has 17 heavy (non-hydrogen) atoms. The lowest BCUT2D eigenvalue weighted by molar-refractivity contribution is 0.0529. The topological polar surface area (TPSA) is 31.2 Å². The van der Waals surface area contributed by atoms with Crippen molar-refractivity contribution in [1.82, 2.24) is 4.57 Å². The largest absolute Gasteiger partial charge is 0.443 e. The first kappa shape index (κ1) is 13.8. The van der Waals surface area contributed by atoms with E-state index in [2.05, 4.69) is 13.8 Å². The van der Waals surface area contributed by atoms with Gasteiger partial charge < -0.3 is 4.74 Å². The molecule has 0 aromatic carbocycles. The molecule has 0 saturated carbocycles. The average molecular weight is 237 g/mol. The van der Waals surface area contributed by atoms with Crippen molar-refractivity contribution in [3.05, 3.63) is 23.5 Å². The van der Waals surface area contributed by atoms with E-state index in [-0.39, 0.29) is 6.09 Å². The first-order valence-electron chi connectivity index (χ1n) is 6.11. The summed E-state index contributed by atoms with van der Waals surface area (Å²) >= 11 is 0. The summed E-state index contributed by atoms with van der Waals surface area (Å²) in [6.07, 6.45) is 0.600. The van der Waals surface area contributed by atoms with Crippen molar-refractivity contribution in [3.63, 3.8) is 0 Å². The van der Waals surface area contributed by atoms with E-state index < -0.39 is 5.60 Å². The summed E-state index contributed by atoms with van der Waals surface area (Å²) in [6.45, 7) is 11.8. The van der Waals surface area contributed by atoms with Gasteiger partial charge in [-0.15, -0.1) is 0 Å². The molecule has 0 atom stereocenters. The Labute approximate surface area is 104 Å². The number of hydrogen-bond donors (Lipinski definition) is 0. The molecule has 1 rings (SSSR count). The molecule has 0 aliphatic heterocycles. The van der Waals surface area contributed by atoms with Gasteiger partial charge in [0.05, 0.1) is 0 Å². The standard InChI is InChI=1S/C14H23NO2/c1-10(2)9-12-8-7-11(3)15(12)13(16)17-14(4,5)6/h7-8,10H,9H2,1-6H3. The highest BCUT2D eigenvalue weighted by Gasteiger charge is 2.21. The normalized spacial score (nSPS) is 11.9. The molecular formula is C14H23NO2. The molecule has 0 radical (unpaired) electrons. The lowest BCUT2D eigenvalue weighted by atomic mass is 10.1. The Morgan fingerprint density at radius 3 is 2.41 bits per heavy atom. The molecule has 1 aromatic heterocycles. The monoisotopic (exact) mass is 237 g/mol. The number of ether oxygens (including phenoxy) is 1. The second-order valence-corrected chi connectivity index (χ2v) is 5.88. The number of aryl methyl sites for hydroxylation is 1. The number of carbonyl (C=O) groups is 1. The van der Waals surface area contributed by atoms with Gasteiger partial charge in [-0.05, 0) is 52.2 Å². The summed E-state index contributed by atoms with van der Waals surface area (Å²) in [6, 6.07) is 3.96. The second kappa shape index (κ2) is 4.94. The maximum atomic E-state index is 12.1. The van der Waals surface area contributed by atoms with Crippen LogP contribution in [-0.2, 0) is 11.2 Å². The van der Waals surface area contributed by atoms with Crippen molar-refractivity contribution in [2.24, 2.45) is 5.92 Å². The summed E-state index contributed by atoms with van der Waals surface area (Å²) in [5.41, 5.74) is 1.49. The van der Waals surface area contributed by atoms with Gasteiger partial charge in [0, 0.05) is 11.4 Å². The molecule has 0 N–H and O–H groups in total. The summed E-state index contributed by atoms with van der Waals surface area (Å²) < 4.78 is 7.08. The Morgan fingerprint density at radius 1 is 1.35 bits per heavy atom. The highest BCUT2D eigenvalue weighted by molar-refractivity contribution is 5.73.